The second kappa shape index (κ2) is 9.57. The Morgan fingerprint density at radius 1 is 1.29 bits per heavy atom. The van der Waals surface area contributed by atoms with Gasteiger partial charge in [0, 0.05) is 49.9 Å². The first kappa shape index (κ1) is 22.1. The first-order chi connectivity index (χ1) is 15.0. The van der Waals surface area contributed by atoms with Crippen LogP contribution in [0.4, 0.5) is 0 Å². The molecule has 31 heavy (non-hydrogen) atoms. The Kier molecular flexibility index (Phi) is 6.82. The molecule has 0 radical (unpaired) electrons. The van der Waals surface area contributed by atoms with E-state index in [0.29, 0.717) is 23.8 Å². The Balaban J connectivity index is 1.42. The van der Waals surface area contributed by atoms with Crippen LogP contribution >= 0.6 is 12.2 Å². The normalized spacial score (nSPS) is 24.9. The fourth-order valence-corrected chi connectivity index (χ4v) is 5.24. The lowest BCUT2D eigenvalue weighted by Crippen LogP contribution is -2.56. The maximum Gasteiger partial charge on any atom is 0.166 e. The molecule has 4 unspecified atom stereocenters. The third-order valence-electron chi connectivity index (χ3n) is 6.73. The number of hydrogen-bond acceptors (Lipinski definition) is 4. The molecule has 3 aliphatic rings. The Hall–Kier alpha value is -2.12. The summed E-state index contributed by atoms with van der Waals surface area (Å²) in [5.41, 5.74) is 3.37. The molecule has 168 valence electrons. The van der Waals surface area contributed by atoms with Crippen molar-refractivity contribution in [3.63, 3.8) is 0 Å². The molecule has 6 nitrogen and oxygen atoms in total. The molecular weight excluding hydrogens is 406 g/mol. The summed E-state index contributed by atoms with van der Waals surface area (Å²) in [6.07, 6.45) is 2.46. The van der Waals surface area contributed by atoms with Gasteiger partial charge in [-0.05, 0) is 61.6 Å². The van der Waals surface area contributed by atoms with Crippen molar-refractivity contribution >= 4 is 17.3 Å². The maximum absolute atomic E-state index is 5.55. The molecule has 4 atom stereocenters. The van der Waals surface area contributed by atoms with Gasteiger partial charge in [-0.1, -0.05) is 26.0 Å². The van der Waals surface area contributed by atoms with Crippen molar-refractivity contribution in [3.8, 4) is 17.0 Å². The smallest absolute Gasteiger partial charge is 0.166 e. The van der Waals surface area contributed by atoms with Crippen molar-refractivity contribution in [2.24, 2.45) is 18.9 Å². The molecule has 2 N–H and O–H groups in total. The van der Waals surface area contributed by atoms with Crippen LogP contribution in [0.25, 0.3) is 11.3 Å². The van der Waals surface area contributed by atoms with Crippen molar-refractivity contribution in [2.45, 2.75) is 38.6 Å². The van der Waals surface area contributed by atoms with Gasteiger partial charge in [-0.25, -0.2) is 0 Å². The van der Waals surface area contributed by atoms with E-state index in [2.05, 4.69) is 53.2 Å². The molecule has 3 aliphatic heterocycles. The van der Waals surface area contributed by atoms with E-state index in [1.54, 1.807) is 7.11 Å². The number of methoxy groups -OCH3 is 1. The van der Waals surface area contributed by atoms with Crippen LogP contribution in [0.3, 0.4) is 0 Å². The summed E-state index contributed by atoms with van der Waals surface area (Å²) in [4.78, 5) is 2.64. The van der Waals surface area contributed by atoms with Gasteiger partial charge < -0.3 is 15.4 Å². The van der Waals surface area contributed by atoms with Gasteiger partial charge in [-0.2, -0.15) is 5.10 Å². The van der Waals surface area contributed by atoms with E-state index in [1.807, 2.05) is 18.2 Å². The van der Waals surface area contributed by atoms with Gasteiger partial charge in [-0.15, -0.1) is 0 Å². The molecule has 0 saturated carbocycles. The van der Waals surface area contributed by atoms with E-state index >= 15 is 0 Å². The quantitative estimate of drug-likeness (QED) is 0.643. The second-order valence-corrected chi connectivity index (χ2v) is 9.71. The fourth-order valence-electron chi connectivity index (χ4n) is 5.07. The number of fused-ring (bicyclic) bond motifs is 3. The number of rotatable bonds is 7. The molecule has 5 rings (SSSR count). The van der Waals surface area contributed by atoms with E-state index in [9.17, 15) is 0 Å². The van der Waals surface area contributed by atoms with Crippen LogP contribution < -0.4 is 15.4 Å². The molecule has 2 bridgehead atoms. The summed E-state index contributed by atoms with van der Waals surface area (Å²) in [5.74, 6) is 2.68. The molecule has 7 heteroatoms. The molecule has 1 aromatic carbocycles. The van der Waals surface area contributed by atoms with Crippen LogP contribution in [0.2, 0.25) is 0 Å². The lowest BCUT2D eigenvalue weighted by atomic mass is 9.74. The zero-order valence-electron chi connectivity index (χ0n) is 19.1. The van der Waals surface area contributed by atoms with E-state index in [0.717, 1.165) is 41.8 Å². The van der Waals surface area contributed by atoms with Crippen LogP contribution in [-0.2, 0) is 7.05 Å². The average molecular weight is 442 g/mol. The van der Waals surface area contributed by atoms with Gasteiger partial charge in [0.25, 0.3) is 0 Å². The Morgan fingerprint density at radius 3 is 2.81 bits per heavy atom. The van der Waals surface area contributed by atoms with Crippen molar-refractivity contribution in [3.05, 3.63) is 36.0 Å². The molecule has 4 heterocycles. The number of benzene rings is 1. The number of aromatic nitrogens is 2. The van der Waals surface area contributed by atoms with Crippen LogP contribution in [0, 0.1) is 11.8 Å². The summed E-state index contributed by atoms with van der Waals surface area (Å²) in [6.45, 7) is 8.49. The summed E-state index contributed by atoms with van der Waals surface area (Å²) in [7, 11) is 3.79. The van der Waals surface area contributed by atoms with Crippen LogP contribution in [0.5, 0.6) is 5.75 Å². The molecule has 1 aromatic heterocycles. The van der Waals surface area contributed by atoms with Gasteiger partial charge >= 0.3 is 0 Å². The second-order valence-electron chi connectivity index (χ2n) is 9.30. The minimum atomic E-state index is 0.525. The summed E-state index contributed by atoms with van der Waals surface area (Å²) in [6, 6.07) is 10.9. The zero-order valence-corrected chi connectivity index (χ0v) is 19.9. The monoisotopic (exact) mass is 441 g/mol. The Labute approximate surface area is 191 Å². The number of piperidine rings is 3. The van der Waals surface area contributed by atoms with Crippen molar-refractivity contribution < 1.29 is 4.74 Å². The molecule has 2 aromatic rings. The van der Waals surface area contributed by atoms with Gasteiger partial charge in [0.2, 0.25) is 0 Å². The van der Waals surface area contributed by atoms with Crippen molar-refractivity contribution in [1.29, 1.82) is 0 Å². The molecule has 3 fully saturated rings. The highest BCUT2D eigenvalue weighted by Gasteiger charge is 2.41. The Bertz CT molecular complexity index is 911. The minimum absolute atomic E-state index is 0.525. The van der Waals surface area contributed by atoms with Crippen LogP contribution in [-0.4, -0.2) is 59.1 Å². The van der Waals surface area contributed by atoms with Crippen molar-refractivity contribution in [1.82, 2.24) is 25.3 Å². The predicted octanol–water partition coefficient (Wildman–Crippen LogP) is 3.39. The maximum atomic E-state index is 5.55. The average Bonchev–Trinajstić information content (AvgIpc) is 3.17. The first-order valence-electron chi connectivity index (χ1n) is 11.4. The highest BCUT2D eigenvalue weighted by atomic mass is 32.1. The third-order valence-corrected chi connectivity index (χ3v) is 7.02. The lowest BCUT2D eigenvalue weighted by Gasteiger charge is -2.50. The Morgan fingerprint density at radius 2 is 2.10 bits per heavy atom. The fraction of sp³-hybridized carbons (Fsp3) is 0.583. The molecular formula is C24H35N5OS. The number of aryl methyl sites for hydroxylation is 1. The number of para-hydroxylation sites is 1. The van der Waals surface area contributed by atoms with Gasteiger partial charge in [0.15, 0.2) is 5.11 Å². The number of hydrogen-bond donors (Lipinski definition) is 2. The largest absolute Gasteiger partial charge is 0.496 e. The minimum Gasteiger partial charge on any atom is -0.496 e. The third kappa shape index (κ3) is 4.88. The molecule has 3 saturated heterocycles. The molecule has 0 amide bonds. The standard InChI is InChI=1S/C24H35N5OS/c1-16(2)13-25-24(31)26-14-18-11-17-9-10-29(18)15-20(17)22-12-21(27-28(22)3)19-7-5-6-8-23(19)30-4/h5-8,12,16-18,20H,9-11,13-15H2,1-4H3,(H2,25,26,31). The highest BCUT2D eigenvalue weighted by molar-refractivity contribution is 7.80. The first-order valence-corrected chi connectivity index (χ1v) is 11.8. The number of nitrogens with one attached hydrogen (secondary N) is 2. The van der Waals surface area contributed by atoms with E-state index in [4.69, 9.17) is 22.1 Å². The van der Waals surface area contributed by atoms with Gasteiger partial charge in [0.1, 0.15) is 5.75 Å². The molecule has 0 aliphatic carbocycles. The van der Waals surface area contributed by atoms with E-state index in [1.165, 1.54) is 25.1 Å². The summed E-state index contributed by atoms with van der Waals surface area (Å²) < 4.78 is 7.63. The number of thiocarbonyl (C=S) groups is 1. The number of ether oxygens (including phenoxy) is 1. The van der Waals surface area contributed by atoms with Gasteiger partial charge in [-0.3, -0.25) is 9.58 Å². The topological polar surface area (TPSA) is 54.4 Å². The lowest BCUT2D eigenvalue weighted by molar-refractivity contribution is 0.0303. The summed E-state index contributed by atoms with van der Waals surface area (Å²) >= 11 is 5.45. The van der Waals surface area contributed by atoms with Crippen LogP contribution in [0.15, 0.2) is 30.3 Å². The van der Waals surface area contributed by atoms with E-state index < -0.39 is 0 Å². The van der Waals surface area contributed by atoms with Crippen LogP contribution in [0.1, 0.15) is 38.3 Å². The molecule has 0 spiro atoms. The SMILES string of the molecule is COc1ccccc1-c1cc(C2CN3CCC2CC3CNC(=S)NCC(C)C)n(C)n1. The van der Waals surface area contributed by atoms with Crippen molar-refractivity contribution in [2.75, 3.05) is 33.3 Å². The van der Waals surface area contributed by atoms with Gasteiger partial charge in [0.05, 0.1) is 12.8 Å². The highest BCUT2D eigenvalue weighted by Crippen LogP contribution is 2.42. The predicted molar refractivity (Wildman–Crippen MR) is 129 cm³/mol. The zero-order chi connectivity index (χ0) is 22.0. The number of nitrogens with zero attached hydrogens (tertiary/aromatic N) is 3. The summed E-state index contributed by atoms with van der Waals surface area (Å²) in [5, 5.41) is 12.4. The van der Waals surface area contributed by atoms with E-state index in [-0.39, 0.29) is 0 Å².